The number of sulfonamides is 1. The minimum Gasteiger partial charge on any atom is -0.396 e. The van der Waals surface area contributed by atoms with Gasteiger partial charge in [0.1, 0.15) is 0 Å². The van der Waals surface area contributed by atoms with Crippen LogP contribution in [-0.2, 0) is 14.8 Å². The summed E-state index contributed by atoms with van der Waals surface area (Å²) in [6.07, 6.45) is 0.874. The fourth-order valence-corrected chi connectivity index (χ4v) is 5.65. The Hall–Kier alpha value is -1.80. The first-order valence-electron chi connectivity index (χ1n) is 9.22. The molecule has 156 valence electrons. The Labute approximate surface area is 181 Å². The summed E-state index contributed by atoms with van der Waals surface area (Å²) in [5.74, 6) is -0.485. The van der Waals surface area contributed by atoms with E-state index in [1.807, 2.05) is 13.0 Å². The highest BCUT2D eigenvalue weighted by Crippen LogP contribution is 2.32. The standard InChI is InChI=1S/C20H23Cl2N3O3S/c1-12-3-4-18(13(2)9-12)29(27,28)25-7-5-14(6-8-25)20(26)24-15-10-16(21)19(23)17(22)11-15/h3-4,9-11,14H,5-8,23H2,1-2H3,(H,24,26). The lowest BCUT2D eigenvalue weighted by Gasteiger charge is -2.31. The average Bonchev–Trinajstić information content (AvgIpc) is 2.65. The number of halogens is 2. The molecule has 3 rings (SSSR count). The number of carbonyl (C=O) groups excluding carboxylic acids is 1. The van der Waals surface area contributed by atoms with Crippen molar-refractivity contribution in [1.29, 1.82) is 0 Å². The number of benzene rings is 2. The summed E-state index contributed by atoms with van der Waals surface area (Å²) < 4.78 is 27.4. The van der Waals surface area contributed by atoms with E-state index in [-0.39, 0.29) is 40.6 Å². The van der Waals surface area contributed by atoms with Crippen LogP contribution in [0.1, 0.15) is 24.0 Å². The maximum Gasteiger partial charge on any atom is 0.243 e. The highest BCUT2D eigenvalue weighted by Gasteiger charge is 2.32. The number of amides is 1. The number of hydrogen-bond donors (Lipinski definition) is 2. The second kappa shape index (κ2) is 8.52. The summed E-state index contributed by atoms with van der Waals surface area (Å²) in [6, 6.07) is 8.38. The zero-order chi connectivity index (χ0) is 21.3. The van der Waals surface area contributed by atoms with Crippen LogP contribution in [0.5, 0.6) is 0 Å². The lowest BCUT2D eigenvalue weighted by Crippen LogP contribution is -2.41. The number of nitrogen functional groups attached to an aromatic ring is 1. The summed E-state index contributed by atoms with van der Waals surface area (Å²) in [4.78, 5) is 12.9. The van der Waals surface area contributed by atoms with Crippen molar-refractivity contribution in [3.63, 3.8) is 0 Å². The van der Waals surface area contributed by atoms with E-state index in [0.717, 1.165) is 11.1 Å². The molecule has 1 aliphatic rings. The van der Waals surface area contributed by atoms with Gasteiger partial charge in [0.15, 0.2) is 0 Å². The maximum atomic E-state index is 13.0. The topological polar surface area (TPSA) is 92.5 Å². The fraction of sp³-hybridized carbons (Fsp3) is 0.350. The van der Waals surface area contributed by atoms with E-state index in [2.05, 4.69) is 5.32 Å². The van der Waals surface area contributed by atoms with Crippen LogP contribution in [0.25, 0.3) is 0 Å². The van der Waals surface area contributed by atoms with Gasteiger partial charge in [-0.3, -0.25) is 4.79 Å². The van der Waals surface area contributed by atoms with Crippen molar-refractivity contribution < 1.29 is 13.2 Å². The molecule has 0 unspecified atom stereocenters. The average molecular weight is 456 g/mol. The minimum atomic E-state index is -3.58. The third-order valence-corrected chi connectivity index (χ3v) is 7.80. The molecule has 0 bridgehead atoms. The number of hydrogen-bond acceptors (Lipinski definition) is 4. The number of nitrogens with zero attached hydrogens (tertiary/aromatic N) is 1. The minimum absolute atomic E-state index is 0.189. The van der Waals surface area contributed by atoms with Crippen molar-refractivity contribution in [2.75, 3.05) is 24.1 Å². The van der Waals surface area contributed by atoms with Gasteiger partial charge in [-0.05, 0) is 50.5 Å². The van der Waals surface area contributed by atoms with Crippen LogP contribution in [-0.4, -0.2) is 31.7 Å². The Morgan fingerprint density at radius 1 is 1.10 bits per heavy atom. The zero-order valence-electron chi connectivity index (χ0n) is 16.2. The normalized spacial score (nSPS) is 16.0. The van der Waals surface area contributed by atoms with Gasteiger partial charge >= 0.3 is 0 Å². The van der Waals surface area contributed by atoms with Crippen LogP contribution in [0, 0.1) is 19.8 Å². The first kappa shape index (κ1) is 21.9. The molecule has 29 heavy (non-hydrogen) atoms. The lowest BCUT2D eigenvalue weighted by atomic mass is 9.97. The molecule has 0 aromatic heterocycles. The van der Waals surface area contributed by atoms with Crippen LogP contribution in [0.2, 0.25) is 10.0 Å². The summed E-state index contributed by atoms with van der Waals surface area (Å²) in [7, 11) is -3.58. The number of rotatable bonds is 4. The molecule has 1 heterocycles. The van der Waals surface area contributed by atoms with Gasteiger partial charge in [0.25, 0.3) is 0 Å². The Balaban J connectivity index is 1.66. The van der Waals surface area contributed by atoms with Gasteiger partial charge in [-0.15, -0.1) is 0 Å². The third-order valence-electron chi connectivity index (χ3n) is 5.12. The highest BCUT2D eigenvalue weighted by atomic mass is 35.5. The second-order valence-corrected chi connectivity index (χ2v) is 10.0. The number of anilines is 2. The zero-order valence-corrected chi connectivity index (χ0v) is 18.5. The van der Waals surface area contributed by atoms with Crippen LogP contribution in [0.15, 0.2) is 35.2 Å². The number of carbonyl (C=O) groups is 1. The van der Waals surface area contributed by atoms with Crippen LogP contribution in [0.4, 0.5) is 11.4 Å². The largest absolute Gasteiger partial charge is 0.396 e. The van der Waals surface area contributed by atoms with Crippen molar-refractivity contribution in [2.45, 2.75) is 31.6 Å². The summed E-state index contributed by atoms with van der Waals surface area (Å²) in [6.45, 7) is 4.30. The van der Waals surface area contributed by atoms with Gasteiger partial charge in [-0.2, -0.15) is 4.31 Å². The molecular weight excluding hydrogens is 433 g/mol. The number of aryl methyl sites for hydroxylation is 2. The van der Waals surface area contributed by atoms with Crippen molar-refractivity contribution in [3.05, 3.63) is 51.5 Å². The first-order valence-corrected chi connectivity index (χ1v) is 11.4. The van der Waals surface area contributed by atoms with Crippen molar-refractivity contribution >= 4 is 50.5 Å². The summed E-state index contributed by atoms with van der Waals surface area (Å²) >= 11 is 12.0. The molecule has 2 aromatic rings. The molecule has 1 saturated heterocycles. The maximum absolute atomic E-state index is 13.0. The Morgan fingerprint density at radius 3 is 2.24 bits per heavy atom. The van der Waals surface area contributed by atoms with Gasteiger partial charge in [0.2, 0.25) is 15.9 Å². The van der Waals surface area contributed by atoms with Crippen molar-refractivity contribution in [1.82, 2.24) is 4.31 Å². The highest BCUT2D eigenvalue weighted by molar-refractivity contribution is 7.89. The van der Waals surface area contributed by atoms with E-state index in [9.17, 15) is 13.2 Å². The molecule has 2 aromatic carbocycles. The van der Waals surface area contributed by atoms with E-state index < -0.39 is 10.0 Å². The van der Waals surface area contributed by atoms with Crippen LogP contribution >= 0.6 is 23.2 Å². The lowest BCUT2D eigenvalue weighted by molar-refractivity contribution is -0.120. The molecule has 1 amide bonds. The molecule has 1 fully saturated rings. The number of piperidine rings is 1. The van der Waals surface area contributed by atoms with E-state index in [0.29, 0.717) is 23.4 Å². The van der Waals surface area contributed by atoms with E-state index in [1.165, 1.54) is 4.31 Å². The SMILES string of the molecule is Cc1ccc(S(=O)(=O)N2CCC(C(=O)Nc3cc(Cl)c(N)c(Cl)c3)CC2)c(C)c1. The molecule has 6 nitrogen and oxygen atoms in total. The van der Waals surface area contributed by atoms with Gasteiger partial charge in [0, 0.05) is 24.7 Å². The van der Waals surface area contributed by atoms with Crippen LogP contribution in [0.3, 0.4) is 0 Å². The molecular formula is C20H23Cl2N3O3S. The predicted octanol–water partition coefficient (Wildman–Crippen LogP) is 4.23. The smallest absolute Gasteiger partial charge is 0.243 e. The molecule has 3 N–H and O–H groups in total. The van der Waals surface area contributed by atoms with E-state index >= 15 is 0 Å². The predicted molar refractivity (Wildman–Crippen MR) is 117 cm³/mol. The molecule has 9 heteroatoms. The Kier molecular flexibility index (Phi) is 6.43. The molecule has 1 aliphatic heterocycles. The molecule has 0 atom stereocenters. The monoisotopic (exact) mass is 455 g/mol. The molecule has 0 saturated carbocycles. The van der Waals surface area contributed by atoms with Gasteiger partial charge in [0.05, 0.1) is 20.6 Å². The number of nitrogens with one attached hydrogen (secondary N) is 1. The fourth-order valence-electron chi connectivity index (χ4n) is 3.49. The third kappa shape index (κ3) is 4.69. The van der Waals surface area contributed by atoms with Gasteiger partial charge in [-0.25, -0.2) is 8.42 Å². The molecule has 0 aliphatic carbocycles. The van der Waals surface area contributed by atoms with E-state index in [1.54, 1.807) is 31.2 Å². The summed E-state index contributed by atoms with van der Waals surface area (Å²) in [5.41, 5.74) is 8.17. The van der Waals surface area contributed by atoms with E-state index in [4.69, 9.17) is 28.9 Å². The van der Waals surface area contributed by atoms with Crippen molar-refractivity contribution in [2.24, 2.45) is 5.92 Å². The summed E-state index contributed by atoms with van der Waals surface area (Å²) in [5, 5.41) is 3.32. The number of nitrogens with two attached hydrogens (primary N) is 1. The Bertz CT molecular complexity index is 1030. The quantitative estimate of drug-likeness (QED) is 0.674. The van der Waals surface area contributed by atoms with Crippen LogP contribution < -0.4 is 11.1 Å². The van der Waals surface area contributed by atoms with Gasteiger partial charge in [-0.1, -0.05) is 40.9 Å². The van der Waals surface area contributed by atoms with Gasteiger partial charge < -0.3 is 11.1 Å². The second-order valence-electron chi connectivity index (χ2n) is 7.29. The van der Waals surface area contributed by atoms with Crippen molar-refractivity contribution in [3.8, 4) is 0 Å². The Morgan fingerprint density at radius 2 is 1.69 bits per heavy atom. The molecule has 0 radical (unpaired) electrons. The molecule has 0 spiro atoms. The first-order chi connectivity index (χ1) is 13.6.